The highest BCUT2D eigenvalue weighted by Crippen LogP contribution is 2.26. The fourth-order valence-corrected chi connectivity index (χ4v) is 2.64. The van der Waals surface area contributed by atoms with Crippen molar-refractivity contribution in [3.8, 4) is 22.8 Å². The van der Waals surface area contributed by atoms with Gasteiger partial charge in [0.15, 0.2) is 12.0 Å². The Labute approximate surface area is 162 Å². The standard InChI is InChI=1S/C22H22O6/c1-3-4-11-26-22(24)14-27-17-9-10-20-18(12-17)19(23)13-21(28-20)15-5-7-16(25-2)8-6-15/h5-10,12-13H,3-4,11,14H2,1-2H3. The molecule has 146 valence electrons. The third-order valence-electron chi connectivity index (χ3n) is 4.19. The minimum absolute atomic E-state index is 0.192. The van der Waals surface area contributed by atoms with Gasteiger partial charge in [-0.05, 0) is 48.9 Å². The van der Waals surface area contributed by atoms with Crippen molar-refractivity contribution in [1.82, 2.24) is 0 Å². The molecule has 0 aliphatic heterocycles. The van der Waals surface area contributed by atoms with Gasteiger partial charge in [0.1, 0.15) is 22.8 Å². The SMILES string of the molecule is CCCCOC(=O)COc1ccc2oc(-c3ccc(OC)cc3)cc(=O)c2c1. The van der Waals surface area contributed by atoms with Gasteiger partial charge in [-0.15, -0.1) is 0 Å². The summed E-state index contributed by atoms with van der Waals surface area (Å²) < 4.78 is 21.5. The van der Waals surface area contributed by atoms with Gasteiger partial charge in [-0.3, -0.25) is 4.79 Å². The van der Waals surface area contributed by atoms with Gasteiger partial charge in [-0.2, -0.15) is 0 Å². The summed E-state index contributed by atoms with van der Waals surface area (Å²) in [6, 6.07) is 13.6. The highest BCUT2D eigenvalue weighted by Gasteiger charge is 2.10. The largest absolute Gasteiger partial charge is 0.497 e. The molecule has 0 amide bonds. The molecule has 6 nitrogen and oxygen atoms in total. The van der Waals surface area contributed by atoms with Crippen LogP contribution in [0.25, 0.3) is 22.3 Å². The Balaban J connectivity index is 1.76. The normalized spacial score (nSPS) is 10.6. The van der Waals surface area contributed by atoms with Gasteiger partial charge in [-0.25, -0.2) is 4.79 Å². The van der Waals surface area contributed by atoms with Crippen molar-refractivity contribution in [3.63, 3.8) is 0 Å². The molecule has 0 radical (unpaired) electrons. The van der Waals surface area contributed by atoms with E-state index in [-0.39, 0.29) is 12.0 Å². The molecule has 2 aromatic carbocycles. The fourth-order valence-electron chi connectivity index (χ4n) is 2.64. The van der Waals surface area contributed by atoms with E-state index in [2.05, 4.69) is 0 Å². The molecule has 3 aromatic rings. The van der Waals surface area contributed by atoms with E-state index in [1.165, 1.54) is 6.07 Å². The first-order valence-corrected chi connectivity index (χ1v) is 9.11. The van der Waals surface area contributed by atoms with Gasteiger partial charge < -0.3 is 18.6 Å². The second kappa shape index (κ2) is 9.08. The van der Waals surface area contributed by atoms with Crippen molar-refractivity contribution in [1.29, 1.82) is 0 Å². The maximum absolute atomic E-state index is 12.5. The maximum atomic E-state index is 12.5. The van der Waals surface area contributed by atoms with Gasteiger partial charge in [0.2, 0.25) is 0 Å². The lowest BCUT2D eigenvalue weighted by Gasteiger charge is -2.08. The van der Waals surface area contributed by atoms with Gasteiger partial charge in [0, 0.05) is 11.6 Å². The van der Waals surface area contributed by atoms with Crippen LogP contribution in [-0.4, -0.2) is 26.3 Å². The van der Waals surface area contributed by atoms with Crippen LogP contribution in [0.1, 0.15) is 19.8 Å². The minimum Gasteiger partial charge on any atom is -0.497 e. The molecular formula is C22H22O6. The lowest BCUT2D eigenvalue weighted by molar-refractivity contribution is -0.146. The Morgan fingerprint density at radius 2 is 1.79 bits per heavy atom. The number of methoxy groups -OCH3 is 1. The zero-order valence-corrected chi connectivity index (χ0v) is 15.9. The highest BCUT2D eigenvalue weighted by atomic mass is 16.6. The van der Waals surface area contributed by atoms with Crippen LogP contribution in [0.15, 0.2) is 57.7 Å². The van der Waals surface area contributed by atoms with E-state index in [9.17, 15) is 9.59 Å². The van der Waals surface area contributed by atoms with Crippen LogP contribution in [0.2, 0.25) is 0 Å². The molecule has 3 rings (SSSR count). The molecular weight excluding hydrogens is 360 g/mol. The summed E-state index contributed by atoms with van der Waals surface area (Å²) >= 11 is 0. The minimum atomic E-state index is -0.435. The highest BCUT2D eigenvalue weighted by molar-refractivity contribution is 5.80. The molecule has 6 heteroatoms. The lowest BCUT2D eigenvalue weighted by Crippen LogP contribution is -2.15. The summed E-state index contributed by atoms with van der Waals surface area (Å²) in [5.41, 5.74) is 1.02. The molecule has 0 spiro atoms. The van der Waals surface area contributed by atoms with E-state index in [1.54, 1.807) is 37.4 Å². The van der Waals surface area contributed by atoms with Crippen molar-refractivity contribution >= 4 is 16.9 Å². The number of ether oxygens (including phenoxy) is 3. The number of benzene rings is 2. The molecule has 0 N–H and O–H groups in total. The van der Waals surface area contributed by atoms with Gasteiger partial charge in [0.25, 0.3) is 0 Å². The third kappa shape index (κ3) is 4.71. The number of rotatable bonds is 8. The van der Waals surface area contributed by atoms with Crippen LogP contribution in [0.5, 0.6) is 11.5 Å². The zero-order valence-electron chi connectivity index (χ0n) is 15.9. The Hall–Kier alpha value is -3.28. The molecule has 0 aliphatic rings. The predicted molar refractivity (Wildman–Crippen MR) is 106 cm³/mol. The second-order valence-corrected chi connectivity index (χ2v) is 6.22. The van der Waals surface area contributed by atoms with E-state index in [0.717, 1.165) is 24.2 Å². The number of fused-ring (bicyclic) bond motifs is 1. The Morgan fingerprint density at radius 1 is 1.04 bits per heavy atom. The van der Waals surface area contributed by atoms with Crippen LogP contribution in [0, 0.1) is 0 Å². The number of hydrogen-bond acceptors (Lipinski definition) is 6. The molecule has 0 unspecified atom stereocenters. The molecule has 1 heterocycles. The van der Waals surface area contributed by atoms with E-state index in [1.807, 2.05) is 19.1 Å². The summed E-state index contributed by atoms with van der Waals surface area (Å²) in [6.45, 7) is 2.20. The topological polar surface area (TPSA) is 75.0 Å². The Bertz CT molecular complexity index is 1000. The summed E-state index contributed by atoms with van der Waals surface area (Å²) in [7, 11) is 1.59. The summed E-state index contributed by atoms with van der Waals surface area (Å²) in [5, 5.41) is 0.383. The second-order valence-electron chi connectivity index (χ2n) is 6.22. The lowest BCUT2D eigenvalue weighted by atomic mass is 10.1. The van der Waals surface area contributed by atoms with Crippen molar-refractivity contribution in [2.24, 2.45) is 0 Å². The Morgan fingerprint density at radius 3 is 2.50 bits per heavy atom. The van der Waals surface area contributed by atoms with Crippen molar-refractivity contribution in [2.45, 2.75) is 19.8 Å². The zero-order chi connectivity index (χ0) is 19.9. The molecule has 0 aliphatic carbocycles. The van der Waals surface area contributed by atoms with E-state index >= 15 is 0 Å². The fraction of sp³-hybridized carbons (Fsp3) is 0.273. The molecule has 0 atom stereocenters. The summed E-state index contributed by atoms with van der Waals surface area (Å²) in [5.74, 6) is 1.16. The quantitative estimate of drug-likeness (QED) is 0.430. The van der Waals surface area contributed by atoms with Gasteiger partial charge >= 0.3 is 5.97 Å². The first-order chi connectivity index (χ1) is 13.6. The van der Waals surface area contributed by atoms with Crippen LogP contribution in [-0.2, 0) is 9.53 Å². The average Bonchev–Trinajstić information content (AvgIpc) is 2.72. The van der Waals surface area contributed by atoms with E-state index in [4.69, 9.17) is 18.6 Å². The van der Waals surface area contributed by atoms with Crippen LogP contribution >= 0.6 is 0 Å². The first kappa shape index (κ1) is 19.5. The van der Waals surface area contributed by atoms with Crippen LogP contribution < -0.4 is 14.9 Å². The van der Waals surface area contributed by atoms with Gasteiger partial charge in [0.05, 0.1) is 19.1 Å². The number of unbranched alkanes of at least 4 members (excludes halogenated alkanes) is 1. The molecule has 0 saturated heterocycles. The van der Waals surface area contributed by atoms with Crippen molar-refractivity contribution in [2.75, 3.05) is 20.3 Å². The number of carbonyl (C=O) groups is 1. The smallest absolute Gasteiger partial charge is 0.344 e. The summed E-state index contributed by atoms with van der Waals surface area (Å²) in [4.78, 5) is 24.2. The van der Waals surface area contributed by atoms with Crippen LogP contribution in [0.4, 0.5) is 0 Å². The van der Waals surface area contributed by atoms with Crippen molar-refractivity contribution < 1.29 is 23.4 Å². The molecule has 1 aromatic heterocycles. The maximum Gasteiger partial charge on any atom is 0.344 e. The Kier molecular flexibility index (Phi) is 6.32. The van der Waals surface area contributed by atoms with E-state index in [0.29, 0.717) is 29.1 Å². The van der Waals surface area contributed by atoms with Gasteiger partial charge in [-0.1, -0.05) is 13.3 Å². The molecule has 28 heavy (non-hydrogen) atoms. The van der Waals surface area contributed by atoms with Crippen molar-refractivity contribution in [3.05, 3.63) is 58.8 Å². The number of esters is 1. The van der Waals surface area contributed by atoms with Crippen LogP contribution in [0.3, 0.4) is 0 Å². The molecule has 0 saturated carbocycles. The number of carbonyl (C=O) groups excluding carboxylic acids is 1. The third-order valence-corrected chi connectivity index (χ3v) is 4.19. The molecule has 0 fully saturated rings. The monoisotopic (exact) mass is 382 g/mol. The molecule has 0 bridgehead atoms. The predicted octanol–water partition coefficient (Wildman–Crippen LogP) is 4.19. The van der Waals surface area contributed by atoms with E-state index < -0.39 is 5.97 Å². The average molecular weight is 382 g/mol. The summed E-state index contributed by atoms with van der Waals surface area (Å²) in [6.07, 6.45) is 1.77. The first-order valence-electron chi connectivity index (χ1n) is 9.11. The number of hydrogen-bond donors (Lipinski definition) is 0.